The first-order chi connectivity index (χ1) is 11.8. The van der Waals surface area contributed by atoms with E-state index in [-0.39, 0.29) is 22.7 Å². The molecule has 4 rings (SSSR count). The fourth-order valence-corrected chi connectivity index (χ4v) is 3.63. The molecular weight excluding hydrogens is 345 g/mol. The normalized spacial score (nSPS) is 21.4. The fourth-order valence-electron chi connectivity index (χ4n) is 3.08. The van der Waals surface area contributed by atoms with E-state index in [4.69, 9.17) is 15.6 Å². The highest BCUT2D eigenvalue weighted by atomic mass is 32.2. The highest BCUT2D eigenvalue weighted by molar-refractivity contribution is 7.89. The van der Waals surface area contributed by atoms with Gasteiger partial charge in [0, 0.05) is 23.7 Å². The van der Waals surface area contributed by atoms with E-state index in [2.05, 4.69) is 5.32 Å². The topological polar surface area (TPSA) is 107 Å². The van der Waals surface area contributed by atoms with Gasteiger partial charge in [0.15, 0.2) is 0 Å². The number of hydrogen-bond acceptors (Lipinski definition) is 5. The third-order valence-electron chi connectivity index (χ3n) is 4.26. The minimum absolute atomic E-state index is 0.120. The molecule has 2 atom stereocenters. The van der Waals surface area contributed by atoms with Crippen LogP contribution in [0.5, 0.6) is 5.75 Å². The van der Waals surface area contributed by atoms with Crippen LogP contribution in [0.4, 0.5) is 10.1 Å². The van der Waals surface area contributed by atoms with Crippen molar-refractivity contribution < 1.29 is 17.5 Å². The molecule has 1 saturated heterocycles. The van der Waals surface area contributed by atoms with Crippen molar-refractivity contribution >= 4 is 15.7 Å². The Kier molecular flexibility index (Phi) is 4.94. The van der Waals surface area contributed by atoms with Crippen molar-refractivity contribution in [3.63, 3.8) is 0 Å². The highest BCUT2D eigenvalue weighted by Gasteiger charge is 2.36. The summed E-state index contributed by atoms with van der Waals surface area (Å²) < 4.78 is 40.5. The van der Waals surface area contributed by atoms with Crippen molar-refractivity contribution in [1.82, 2.24) is 5.32 Å². The zero-order chi connectivity index (χ0) is 18.0. The van der Waals surface area contributed by atoms with Gasteiger partial charge in [0.05, 0.1) is 4.90 Å². The number of anilines is 1. The Hall–Kier alpha value is -2.16. The zero-order valence-corrected chi connectivity index (χ0v) is 14.3. The molecule has 2 heterocycles. The van der Waals surface area contributed by atoms with E-state index in [1.54, 1.807) is 24.3 Å². The number of nitrogens with two attached hydrogens (primary N) is 2. The predicted molar refractivity (Wildman–Crippen MR) is 93.3 cm³/mol. The average molecular weight is 365 g/mol. The standard InChI is InChI=1S/C11H14N2O3S.C6H6FN/c12-17(14,15)7-1-2-10-9(5-7)8-3-4-13-6-11(8)16-10;7-5-2-1-3-6(8)4-5/h1-2,5,8,11,13H,3-4,6H2,(H2,12,14,15);1-4H,8H2. The zero-order valence-electron chi connectivity index (χ0n) is 13.5. The summed E-state index contributed by atoms with van der Waals surface area (Å²) in [7, 11) is -3.63. The van der Waals surface area contributed by atoms with Crippen LogP contribution >= 0.6 is 0 Å². The van der Waals surface area contributed by atoms with Crippen LogP contribution in [0.3, 0.4) is 0 Å². The molecule has 0 bridgehead atoms. The maximum absolute atomic E-state index is 12.1. The Morgan fingerprint density at radius 2 is 2.00 bits per heavy atom. The van der Waals surface area contributed by atoms with Gasteiger partial charge in [-0.2, -0.15) is 0 Å². The summed E-state index contributed by atoms with van der Waals surface area (Å²) in [6.07, 6.45) is 1.08. The maximum Gasteiger partial charge on any atom is 0.238 e. The Morgan fingerprint density at radius 1 is 1.20 bits per heavy atom. The van der Waals surface area contributed by atoms with E-state index in [0.717, 1.165) is 30.8 Å². The van der Waals surface area contributed by atoms with Crippen LogP contribution in [0.25, 0.3) is 0 Å². The van der Waals surface area contributed by atoms with Crippen LogP contribution in [-0.2, 0) is 10.0 Å². The third kappa shape index (κ3) is 4.09. The van der Waals surface area contributed by atoms with Gasteiger partial charge in [-0.1, -0.05) is 6.07 Å². The smallest absolute Gasteiger partial charge is 0.238 e. The molecule has 0 saturated carbocycles. The molecule has 0 aliphatic carbocycles. The van der Waals surface area contributed by atoms with Crippen LogP contribution < -0.4 is 20.9 Å². The van der Waals surface area contributed by atoms with E-state index >= 15 is 0 Å². The molecule has 2 unspecified atom stereocenters. The molecular formula is C17H20FN3O3S. The molecule has 2 aromatic carbocycles. The quantitative estimate of drug-likeness (QED) is 0.665. The van der Waals surface area contributed by atoms with E-state index in [0.29, 0.717) is 5.69 Å². The van der Waals surface area contributed by atoms with Crippen LogP contribution in [-0.4, -0.2) is 27.6 Å². The molecule has 8 heteroatoms. The molecule has 0 radical (unpaired) electrons. The molecule has 5 N–H and O–H groups in total. The molecule has 2 aliphatic heterocycles. The predicted octanol–water partition coefficient (Wildman–Crippen LogP) is 1.58. The Morgan fingerprint density at radius 3 is 2.64 bits per heavy atom. The second kappa shape index (κ2) is 6.99. The Bertz CT molecular complexity index is 856. The first-order valence-corrected chi connectivity index (χ1v) is 9.44. The Labute approximate surface area is 146 Å². The summed E-state index contributed by atoms with van der Waals surface area (Å²) in [5, 5.41) is 8.41. The number of halogens is 1. The van der Waals surface area contributed by atoms with Crippen molar-refractivity contribution in [2.24, 2.45) is 5.14 Å². The number of fused-ring (bicyclic) bond motifs is 3. The average Bonchev–Trinajstić information content (AvgIpc) is 2.92. The third-order valence-corrected chi connectivity index (χ3v) is 5.17. The SMILES string of the molecule is NS(=O)(=O)c1ccc2c(c1)C1CCNCC1O2.Nc1cccc(F)c1. The van der Waals surface area contributed by atoms with Crippen LogP contribution in [0.2, 0.25) is 0 Å². The molecule has 134 valence electrons. The van der Waals surface area contributed by atoms with Crippen LogP contribution in [0.15, 0.2) is 47.4 Å². The second-order valence-electron chi connectivity index (χ2n) is 6.06. The van der Waals surface area contributed by atoms with Crippen molar-refractivity contribution in [3.05, 3.63) is 53.8 Å². The van der Waals surface area contributed by atoms with E-state index < -0.39 is 10.0 Å². The summed E-state index contributed by atoms with van der Waals surface area (Å²) in [5.74, 6) is 0.786. The molecule has 0 amide bonds. The maximum atomic E-state index is 12.1. The van der Waals surface area contributed by atoms with Gasteiger partial charge in [-0.25, -0.2) is 17.9 Å². The summed E-state index contributed by atoms with van der Waals surface area (Å²) in [4.78, 5) is 0.166. The number of nitrogens with one attached hydrogen (secondary N) is 1. The number of benzene rings is 2. The molecule has 0 spiro atoms. The van der Waals surface area contributed by atoms with Gasteiger partial charge >= 0.3 is 0 Å². The van der Waals surface area contributed by atoms with Crippen LogP contribution in [0.1, 0.15) is 17.9 Å². The molecule has 6 nitrogen and oxygen atoms in total. The van der Waals surface area contributed by atoms with Gasteiger partial charge in [0.1, 0.15) is 17.7 Å². The van der Waals surface area contributed by atoms with E-state index in [1.807, 2.05) is 0 Å². The number of ether oxygens (including phenoxy) is 1. The molecule has 0 aromatic heterocycles. The van der Waals surface area contributed by atoms with Gasteiger partial charge in [-0.3, -0.25) is 0 Å². The first-order valence-electron chi connectivity index (χ1n) is 7.90. The lowest BCUT2D eigenvalue weighted by molar-refractivity contribution is 0.177. The number of piperidine rings is 1. The van der Waals surface area contributed by atoms with Gasteiger partial charge < -0.3 is 15.8 Å². The molecule has 25 heavy (non-hydrogen) atoms. The number of primary sulfonamides is 1. The summed E-state index contributed by atoms with van der Waals surface area (Å²) >= 11 is 0. The van der Waals surface area contributed by atoms with Crippen molar-refractivity contribution in [2.75, 3.05) is 18.8 Å². The lowest BCUT2D eigenvalue weighted by Crippen LogP contribution is -2.39. The number of rotatable bonds is 1. The number of hydrogen-bond donors (Lipinski definition) is 3. The molecule has 1 fully saturated rings. The minimum Gasteiger partial charge on any atom is -0.488 e. The van der Waals surface area contributed by atoms with Crippen molar-refractivity contribution in [1.29, 1.82) is 0 Å². The van der Waals surface area contributed by atoms with Gasteiger partial charge in [0.2, 0.25) is 10.0 Å². The summed E-state index contributed by atoms with van der Waals surface area (Å²) in [5.41, 5.74) is 6.66. The lowest BCUT2D eigenvalue weighted by Gasteiger charge is -2.24. The van der Waals surface area contributed by atoms with Gasteiger partial charge in [-0.15, -0.1) is 0 Å². The van der Waals surface area contributed by atoms with E-state index in [1.165, 1.54) is 18.2 Å². The molecule has 2 aromatic rings. The van der Waals surface area contributed by atoms with Crippen molar-refractivity contribution in [3.8, 4) is 5.75 Å². The summed E-state index contributed by atoms with van der Waals surface area (Å²) in [6, 6.07) is 10.7. The number of sulfonamides is 1. The first kappa shape index (κ1) is 17.7. The number of nitrogen functional groups attached to an aromatic ring is 1. The fraction of sp³-hybridized carbons (Fsp3) is 0.294. The largest absolute Gasteiger partial charge is 0.488 e. The van der Waals surface area contributed by atoms with Gasteiger partial charge in [0.25, 0.3) is 0 Å². The monoisotopic (exact) mass is 365 g/mol. The van der Waals surface area contributed by atoms with Crippen LogP contribution in [0, 0.1) is 5.82 Å². The Balaban J connectivity index is 0.000000192. The molecule has 2 aliphatic rings. The minimum atomic E-state index is -3.63. The second-order valence-corrected chi connectivity index (χ2v) is 7.62. The highest BCUT2D eigenvalue weighted by Crippen LogP contribution is 2.41. The summed E-state index contributed by atoms with van der Waals surface area (Å²) in [6.45, 7) is 1.74. The van der Waals surface area contributed by atoms with Crippen molar-refractivity contribution in [2.45, 2.75) is 23.3 Å². The van der Waals surface area contributed by atoms with Gasteiger partial charge in [-0.05, 0) is 49.4 Å². The lowest BCUT2D eigenvalue weighted by atomic mass is 9.90. The van der Waals surface area contributed by atoms with E-state index in [9.17, 15) is 12.8 Å².